The number of hydrogen-bond acceptors (Lipinski definition) is 4. The summed E-state index contributed by atoms with van der Waals surface area (Å²) in [4.78, 5) is 0.648. The number of unbranched alkanes of at least 4 members (excludes halogenated alkanes) is 1. The molecule has 0 atom stereocenters. The van der Waals surface area contributed by atoms with Gasteiger partial charge in [-0.05, 0) is 31.2 Å². The number of thiophene rings is 1. The van der Waals surface area contributed by atoms with Gasteiger partial charge in [-0.1, -0.05) is 24.7 Å². The number of aryl methyl sites for hydroxylation is 1. The fraction of sp³-hybridized carbons (Fsp3) is 0.500. The second kappa shape index (κ2) is 7.15. The summed E-state index contributed by atoms with van der Waals surface area (Å²) in [5, 5.41) is 7.70. The lowest BCUT2D eigenvalue weighted by molar-refractivity contribution is -0.143. The van der Waals surface area contributed by atoms with Gasteiger partial charge in [0.2, 0.25) is 0 Å². The highest BCUT2D eigenvalue weighted by atomic mass is 32.1. The highest BCUT2D eigenvalue weighted by Gasteiger charge is 2.35. The van der Waals surface area contributed by atoms with Gasteiger partial charge in [-0.2, -0.15) is 18.3 Å². The number of nitrogens with one attached hydrogen (secondary N) is 1. The minimum atomic E-state index is -4.40. The smallest absolute Gasteiger partial charge is 0.433 e. The molecule has 0 unspecified atom stereocenters. The molecule has 22 heavy (non-hydrogen) atoms. The lowest BCUT2D eigenvalue weighted by Gasteiger charge is -2.04. The van der Waals surface area contributed by atoms with Gasteiger partial charge in [-0.3, -0.25) is 10.00 Å². The van der Waals surface area contributed by atoms with Crippen LogP contribution in [0.1, 0.15) is 25.5 Å². The molecule has 0 aromatic carbocycles. The molecule has 8 heteroatoms. The molecule has 2 aromatic rings. The predicted molar refractivity (Wildman–Crippen MR) is 79.9 cm³/mol. The first kappa shape index (κ1) is 16.8. The van der Waals surface area contributed by atoms with Gasteiger partial charge in [0.25, 0.3) is 0 Å². The molecule has 2 rings (SSSR count). The quantitative estimate of drug-likeness (QED) is 0.617. The maximum Gasteiger partial charge on any atom is 0.433 e. The Kier molecular flexibility index (Phi) is 5.47. The van der Waals surface area contributed by atoms with Crippen LogP contribution in [0.4, 0.5) is 13.2 Å². The molecule has 0 radical (unpaired) electrons. The van der Waals surface area contributed by atoms with Crippen molar-refractivity contribution in [1.82, 2.24) is 15.1 Å². The fourth-order valence-electron chi connectivity index (χ4n) is 1.88. The van der Waals surface area contributed by atoms with Gasteiger partial charge in [0.15, 0.2) is 5.06 Å². The van der Waals surface area contributed by atoms with Crippen molar-refractivity contribution >= 4 is 11.3 Å². The van der Waals surface area contributed by atoms with Crippen LogP contribution in [0.5, 0.6) is 5.06 Å². The van der Waals surface area contributed by atoms with Crippen LogP contribution in [0.3, 0.4) is 0 Å². The molecule has 0 fully saturated rings. The number of aromatic nitrogens is 2. The van der Waals surface area contributed by atoms with Gasteiger partial charge in [-0.15, -0.1) is 0 Å². The van der Waals surface area contributed by atoms with E-state index in [1.807, 2.05) is 0 Å². The Bertz CT molecular complexity index is 607. The highest BCUT2D eigenvalue weighted by Crippen LogP contribution is 2.36. The van der Waals surface area contributed by atoms with Crippen molar-refractivity contribution in [3.8, 4) is 15.6 Å². The Balaban J connectivity index is 1.99. The molecule has 0 saturated heterocycles. The Morgan fingerprint density at radius 3 is 2.77 bits per heavy atom. The van der Waals surface area contributed by atoms with Crippen LogP contribution in [0.2, 0.25) is 0 Å². The van der Waals surface area contributed by atoms with E-state index in [4.69, 9.17) is 4.74 Å². The van der Waals surface area contributed by atoms with Gasteiger partial charge >= 0.3 is 6.18 Å². The van der Waals surface area contributed by atoms with Crippen molar-refractivity contribution in [2.24, 2.45) is 7.05 Å². The molecule has 0 aliphatic rings. The largest absolute Gasteiger partial charge is 0.469 e. The van der Waals surface area contributed by atoms with Crippen molar-refractivity contribution in [2.45, 2.75) is 25.9 Å². The molecule has 2 heterocycles. The van der Waals surface area contributed by atoms with E-state index in [-0.39, 0.29) is 0 Å². The molecular weight excluding hydrogens is 315 g/mol. The molecule has 122 valence electrons. The zero-order valence-electron chi connectivity index (χ0n) is 12.4. The van der Waals surface area contributed by atoms with E-state index in [0.29, 0.717) is 22.4 Å². The Hall–Kier alpha value is -1.54. The lowest BCUT2D eigenvalue weighted by atomic mass is 10.3. The van der Waals surface area contributed by atoms with Crippen LogP contribution < -0.4 is 10.1 Å². The van der Waals surface area contributed by atoms with Crippen LogP contribution in [0, 0.1) is 0 Å². The second-order valence-corrected chi connectivity index (χ2v) is 5.84. The van der Waals surface area contributed by atoms with Gasteiger partial charge < -0.3 is 4.74 Å². The maximum atomic E-state index is 12.8. The normalized spacial score (nSPS) is 11.9. The first-order valence-electron chi connectivity index (χ1n) is 6.96. The van der Waals surface area contributed by atoms with Crippen LogP contribution in [-0.2, 0) is 13.2 Å². The molecule has 0 amide bonds. The van der Waals surface area contributed by atoms with Gasteiger partial charge in [0.05, 0.1) is 4.88 Å². The van der Waals surface area contributed by atoms with E-state index in [0.717, 1.165) is 30.1 Å². The number of rotatable bonds is 7. The van der Waals surface area contributed by atoms with Crippen molar-refractivity contribution in [3.05, 3.63) is 23.9 Å². The van der Waals surface area contributed by atoms with Gasteiger partial charge in [0.1, 0.15) is 18.1 Å². The topological polar surface area (TPSA) is 39.1 Å². The van der Waals surface area contributed by atoms with E-state index in [1.165, 1.54) is 18.4 Å². The van der Waals surface area contributed by atoms with Crippen LogP contribution in [0.25, 0.3) is 10.6 Å². The minimum absolute atomic E-state index is 0.300. The van der Waals surface area contributed by atoms with Crippen LogP contribution in [-0.4, -0.2) is 23.1 Å². The summed E-state index contributed by atoms with van der Waals surface area (Å²) in [7, 11) is 1.29. The zero-order chi connectivity index (χ0) is 16.2. The fourth-order valence-corrected chi connectivity index (χ4v) is 2.70. The summed E-state index contributed by atoms with van der Waals surface area (Å²) in [6, 6.07) is 4.51. The Morgan fingerprint density at radius 2 is 2.14 bits per heavy atom. The first-order valence-corrected chi connectivity index (χ1v) is 7.78. The van der Waals surface area contributed by atoms with Crippen molar-refractivity contribution in [2.75, 3.05) is 13.3 Å². The Morgan fingerprint density at radius 1 is 1.36 bits per heavy atom. The van der Waals surface area contributed by atoms with Gasteiger partial charge in [-0.25, -0.2) is 0 Å². The van der Waals surface area contributed by atoms with Crippen molar-refractivity contribution in [3.63, 3.8) is 0 Å². The first-order chi connectivity index (χ1) is 10.4. The maximum absolute atomic E-state index is 12.8. The summed E-state index contributed by atoms with van der Waals surface area (Å²) in [5.41, 5.74) is -0.465. The third-order valence-corrected chi connectivity index (χ3v) is 4.05. The van der Waals surface area contributed by atoms with E-state index in [2.05, 4.69) is 17.3 Å². The van der Waals surface area contributed by atoms with Crippen molar-refractivity contribution in [1.29, 1.82) is 0 Å². The zero-order valence-corrected chi connectivity index (χ0v) is 13.2. The Labute approximate surface area is 130 Å². The highest BCUT2D eigenvalue weighted by molar-refractivity contribution is 7.17. The molecule has 4 nitrogen and oxygen atoms in total. The lowest BCUT2D eigenvalue weighted by Crippen LogP contribution is -2.20. The summed E-state index contributed by atoms with van der Waals surface area (Å²) in [6.45, 7) is 3.37. The third-order valence-electron chi connectivity index (χ3n) is 3.03. The molecule has 1 N–H and O–H groups in total. The van der Waals surface area contributed by atoms with Crippen molar-refractivity contribution < 1.29 is 17.9 Å². The molecule has 0 aliphatic heterocycles. The number of ether oxygens (including phenoxy) is 1. The number of alkyl halides is 3. The third kappa shape index (κ3) is 4.23. The molecule has 0 spiro atoms. The van der Waals surface area contributed by atoms with E-state index in [1.54, 1.807) is 12.1 Å². The SMILES string of the molecule is CCCCNCOc1ccc(-c2cc(C(F)(F)F)n(C)n2)s1. The van der Waals surface area contributed by atoms with E-state index < -0.39 is 11.9 Å². The average molecular weight is 333 g/mol. The standard InChI is InChI=1S/C14H18F3N3OS/c1-3-4-7-18-9-21-13-6-5-11(22-13)10-8-12(14(15,16)17)20(2)19-10/h5-6,8,18H,3-4,7,9H2,1-2H3. The minimum Gasteiger partial charge on any atom is -0.469 e. The molecule has 0 aliphatic carbocycles. The average Bonchev–Trinajstić information content (AvgIpc) is 3.04. The molecule has 2 aromatic heterocycles. The predicted octanol–water partition coefficient (Wildman–Crippen LogP) is 3.89. The second-order valence-electron chi connectivity index (χ2n) is 4.80. The monoisotopic (exact) mass is 333 g/mol. The van der Waals surface area contributed by atoms with Crippen LogP contribution in [0.15, 0.2) is 18.2 Å². The van der Waals surface area contributed by atoms with Crippen LogP contribution >= 0.6 is 11.3 Å². The molecule has 0 saturated carbocycles. The van der Waals surface area contributed by atoms with Gasteiger partial charge in [0, 0.05) is 7.05 Å². The summed E-state index contributed by atoms with van der Waals surface area (Å²) < 4.78 is 44.6. The molecular formula is C14H18F3N3OS. The summed E-state index contributed by atoms with van der Waals surface area (Å²) >= 11 is 1.28. The van der Waals surface area contributed by atoms with E-state index in [9.17, 15) is 13.2 Å². The number of nitrogens with zero attached hydrogens (tertiary/aromatic N) is 2. The number of halogens is 3. The summed E-state index contributed by atoms with van der Waals surface area (Å²) in [6.07, 6.45) is -2.22. The van der Waals surface area contributed by atoms with E-state index >= 15 is 0 Å². The number of hydrogen-bond donors (Lipinski definition) is 1. The summed E-state index contributed by atoms with van der Waals surface area (Å²) in [5.74, 6) is 0. The molecule has 0 bridgehead atoms.